The normalized spacial score (nSPS) is 10.3. The minimum absolute atomic E-state index is 0.303. The predicted molar refractivity (Wildman–Crippen MR) is 76.1 cm³/mol. The Hall–Kier alpha value is -3.24. The molecule has 6 nitrogen and oxygen atoms in total. The summed E-state index contributed by atoms with van der Waals surface area (Å²) in [5, 5.41) is 11.8. The van der Waals surface area contributed by atoms with Gasteiger partial charge in [-0.25, -0.2) is 4.79 Å². The number of nitrogens with zero attached hydrogens (tertiary/aromatic N) is 2. The third kappa shape index (κ3) is 2.20. The van der Waals surface area contributed by atoms with Gasteiger partial charge < -0.3 is 4.42 Å². The van der Waals surface area contributed by atoms with Gasteiger partial charge in [0, 0.05) is 5.39 Å². The van der Waals surface area contributed by atoms with Crippen LogP contribution in [0.15, 0.2) is 57.9 Å². The second kappa shape index (κ2) is 5.03. The lowest BCUT2D eigenvalue weighted by molar-refractivity contribution is -0.400. The van der Waals surface area contributed by atoms with Crippen molar-refractivity contribution in [1.82, 2.24) is 0 Å². The molecule has 0 spiro atoms. The van der Waals surface area contributed by atoms with Gasteiger partial charge in [-0.3, -0.25) is 10.1 Å². The number of carbonyl (C=O) groups excluding carboxylic acids is 1. The molecule has 3 aromatic rings. The first-order chi connectivity index (χ1) is 10.2. The molecule has 21 heavy (non-hydrogen) atoms. The van der Waals surface area contributed by atoms with E-state index >= 15 is 0 Å². The molecule has 0 unspecified atom stereocenters. The lowest BCUT2D eigenvalue weighted by atomic mass is 10.0. The SMILES string of the molecule is O=C=Nc1ccc(-c2c([N+](=O)[O-])oc3ccccc23)cc1. The van der Waals surface area contributed by atoms with Crippen molar-refractivity contribution in [2.75, 3.05) is 0 Å². The third-order valence-corrected chi connectivity index (χ3v) is 3.07. The Bertz CT molecular complexity index is 874. The number of aliphatic imine (C=N–C) groups is 1. The van der Waals surface area contributed by atoms with E-state index in [0.29, 0.717) is 27.8 Å². The molecule has 102 valence electrons. The molecule has 3 rings (SSSR count). The summed E-state index contributed by atoms with van der Waals surface area (Å²) in [6.45, 7) is 0. The topological polar surface area (TPSA) is 85.7 Å². The smallest absolute Gasteiger partial charge is 0.400 e. The van der Waals surface area contributed by atoms with Crippen LogP contribution in [0, 0.1) is 10.1 Å². The van der Waals surface area contributed by atoms with Crippen molar-refractivity contribution in [3.8, 4) is 11.1 Å². The first-order valence-corrected chi connectivity index (χ1v) is 6.05. The summed E-state index contributed by atoms with van der Waals surface area (Å²) in [4.78, 5) is 24.3. The Morgan fingerprint density at radius 1 is 1.10 bits per heavy atom. The monoisotopic (exact) mass is 280 g/mol. The second-order valence-electron chi connectivity index (χ2n) is 4.29. The highest BCUT2D eigenvalue weighted by Crippen LogP contribution is 2.39. The van der Waals surface area contributed by atoms with Crippen molar-refractivity contribution in [2.24, 2.45) is 4.99 Å². The van der Waals surface area contributed by atoms with Crippen molar-refractivity contribution in [1.29, 1.82) is 0 Å². The highest BCUT2D eigenvalue weighted by Gasteiger charge is 2.24. The molecule has 2 aromatic carbocycles. The molecule has 0 fully saturated rings. The highest BCUT2D eigenvalue weighted by molar-refractivity contribution is 5.98. The Labute approximate surface area is 118 Å². The number of nitro groups is 1. The van der Waals surface area contributed by atoms with E-state index in [1.807, 2.05) is 0 Å². The van der Waals surface area contributed by atoms with Gasteiger partial charge in [0.25, 0.3) is 0 Å². The maximum atomic E-state index is 11.2. The molecule has 0 atom stereocenters. The fourth-order valence-corrected chi connectivity index (χ4v) is 2.20. The molecular weight excluding hydrogens is 272 g/mol. The molecule has 0 N–H and O–H groups in total. The van der Waals surface area contributed by atoms with E-state index < -0.39 is 4.92 Å². The molecular formula is C15H8N2O4. The Balaban J connectivity index is 2.24. The number of furan rings is 1. The lowest BCUT2D eigenvalue weighted by Crippen LogP contribution is -1.88. The van der Waals surface area contributed by atoms with Gasteiger partial charge >= 0.3 is 5.88 Å². The van der Waals surface area contributed by atoms with Gasteiger partial charge in [0.15, 0.2) is 0 Å². The van der Waals surface area contributed by atoms with Crippen LogP contribution >= 0.6 is 0 Å². The standard InChI is InChI=1S/C15H8N2O4/c18-9-16-11-7-5-10(6-8-11)14-12-3-1-2-4-13(12)21-15(14)17(19)20/h1-8H. The van der Waals surface area contributed by atoms with Crippen LogP contribution in [0.25, 0.3) is 22.1 Å². The fraction of sp³-hybridized carbons (Fsp3) is 0. The summed E-state index contributed by atoms with van der Waals surface area (Å²) in [7, 11) is 0. The second-order valence-corrected chi connectivity index (χ2v) is 4.29. The summed E-state index contributed by atoms with van der Waals surface area (Å²) >= 11 is 0. The largest absolute Gasteiger partial charge is 0.442 e. The van der Waals surface area contributed by atoms with E-state index in [4.69, 9.17) is 4.42 Å². The first-order valence-electron chi connectivity index (χ1n) is 6.05. The van der Waals surface area contributed by atoms with Crippen molar-refractivity contribution in [3.63, 3.8) is 0 Å². The van der Waals surface area contributed by atoms with Crippen molar-refractivity contribution in [2.45, 2.75) is 0 Å². The van der Waals surface area contributed by atoms with Crippen molar-refractivity contribution in [3.05, 3.63) is 58.6 Å². The van der Waals surface area contributed by atoms with Gasteiger partial charge in [-0.05, 0) is 23.8 Å². The number of fused-ring (bicyclic) bond motifs is 1. The zero-order valence-electron chi connectivity index (χ0n) is 10.6. The lowest BCUT2D eigenvalue weighted by Gasteiger charge is -1.98. The first kappa shape index (κ1) is 12.8. The zero-order valence-corrected chi connectivity index (χ0v) is 10.6. The maximum Gasteiger partial charge on any atom is 0.442 e. The Morgan fingerprint density at radius 3 is 2.48 bits per heavy atom. The maximum absolute atomic E-state index is 11.2. The van der Waals surface area contributed by atoms with E-state index in [1.54, 1.807) is 48.5 Å². The number of para-hydroxylation sites is 1. The summed E-state index contributed by atoms with van der Waals surface area (Å²) in [5.41, 5.74) is 1.92. The van der Waals surface area contributed by atoms with Crippen LogP contribution < -0.4 is 0 Å². The van der Waals surface area contributed by atoms with Gasteiger partial charge in [-0.1, -0.05) is 30.3 Å². The number of hydrogen-bond donors (Lipinski definition) is 0. The highest BCUT2D eigenvalue weighted by atomic mass is 16.6. The van der Waals surface area contributed by atoms with Crippen LogP contribution in [-0.2, 0) is 4.79 Å². The minimum Gasteiger partial charge on any atom is -0.400 e. The molecule has 0 aliphatic carbocycles. The van der Waals surface area contributed by atoms with E-state index in [-0.39, 0.29) is 5.88 Å². The quantitative estimate of drug-likeness (QED) is 0.314. The van der Waals surface area contributed by atoms with Gasteiger partial charge in [0.05, 0.1) is 5.69 Å². The molecule has 0 amide bonds. The van der Waals surface area contributed by atoms with Crippen LogP contribution in [0.5, 0.6) is 0 Å². The number of isocyanates is 1. The van der Waals surface area contributed by atoms with Gasteiger partial charge in [-0.15, -0.1) is 0 Å². The molecule has 1 aromatic heterocycles. The molecule has 0 bridgehead atoms. The van der Waals surface area contributed by atoms with Gasteiger partial charge in [0.1, 0.15) is 16.1 Å². The zero-order chi connectivity index (χ0) is 14.8. The van der Waals surface area contributed by atoms with Gasteiger partial charge in [-0.2, -0.15) is 4.99 Å². The predicted octanol–water partition coefficient (Wildman–Crippen LogP) is 3.98. The third-order valence-electron chi connectivity index (χ3n) is 3.07. The summed E-state index contributed by atoms with van der Waals surface area (Å²) in [6.07, 6.45) is 1.45. The van der Waals surface area contributed by atoms with Crippen molar-refractivity contribution < 1.29 is 14.1 Å². The molecule has 1 heterocycles. The summed E-state index contributed by atoms with van der Waals surface area (Å²) in [5.74, 6) is -0.303. The van der Waals surface area contributed by atoms with Crippen LogP contribution in [0.4, 0.5) is 11.6 Å². The molecule has 0 saturated heterocycles. The van der Waals surface area contributed by atoms with E-state index in [2.05, 4.69) is 4.99 Å². The van der Waals surface area contributed by atoms with Gasteiger partial charge in [0.2, 0.25) is 6.08 Å². The van der Waals surface area contributed by atoms with E-state index in [0.717, 1.165) is 0 Å². The average molecular weight is 280 g/mol. The molecule has 0 aliphatic rings. The Kier molecular flexibility index (Phi) is 3.06. The van der Waals surface area contributed by atoms with E-state index in [9.17, 15) is 14.9 Å². The minimum atomic E-state index is -0.549. The molecule has 0 radical (unpaired) electrons. The molecule has 0 aliphatic heterocycles. The number of benzene rings is 2. The number of hydrogen-bond acceptors (Lipinski definition) is 5. The average Bonchev–Trinajstić information content (AvgIpc) is 2.88. The van der Waals surface area contributed by atoms with Crippen LogP contribution in [0.3, 0.4) is 0 Å². The van der Waals surface area contributed by atoms with Crippen LogP contribution in [0.2, 0.25) is 0 Å². The summed E-state index contributed by atoms with van der Waals surface area (Å²) in [6, 6.07) is 13.5. The number of rotatable bonds is 3. The Morgan fingerprint density at radius 2 is 1.81 bits per heavy atom. The van der Waals surface area contributed by atoms with Crippen LogP contribution in [-0.4, -0.2) is 11.0 Å². The summed E-state index contributed by atoms with van der Waals surface area (Å²) < 4.78 is 5.31. The van der Waals surface area contributed by atoms with Crippen molar-refractivity contribution >= 4 is 28.6 Å². The fourth-order valence-electron chi connectivity index (χ4n) is 2.20. The van der Waals surface area contributed by atoms with E-state index in [1.165, 1.54) is 6.08 Å². The van der Waals surface area contributed by atoms with Crippen LogP contribution in [0.1, 0.15) is 0 Å². The molecule has 6 heteroatoms. The molecule has 0 saturated carbocycles.